The van der Waals surface area contributed by atoms with Crippen LogP contribution in [0.1, 0.15) is 20.8 Å². The molecule has 0 radical (unpaired) electrons. The van der Waals surface area contributed by atoms with Gasteiger partial charge < -0.3 is 10.2 Å². The molecule has 0 bridgehead atoms. The second-order valence-corrected chi connectivity index (χ2v) is 3.93. The summed E-state index contributed by atoms with van der Waals surface area (Å²) >= 11 is 0. The third-order valence-electron chi connectivity index (χ3n) is 1.55. The molecule has 2 heteroatoms. The second-order valence-electron chi connectivity index (χ2n) is 3.93. The van der Waals surface area contributed by atoms with Crippen molar-refractivity contribution in [2.45, 2.75) is 26.8 Å². The fourth-order valence-electron chi connectivity index (χ4n) is 1.12. The van der Waals surface area contributed by atoms with Gasteiger partial charge in [-0.2, -0.15) is 0 Å². The third-order valence-corrected chi connectivity index (χ3v) is 1.55. The third kappa shape index (κ3) is 7.82. The van der Waals surface area contributed by atoms with Crippen molar-refractivity contribution < 1.29 is 0 Å². The summed E-state index contributed by atoms with van der Waals surface area (Å²) in [6.45, 7) is 8.93. The Morgan fingerprint density at radius 3 is 2.09 bits per heavy atom. The van der Waals surface area contributed by atoms with E-state index in [1.54, 1.807) is 0 Å². The van der Waals surface area contributed by atoms with Crippen LogP contribution in [0.15, 0.2) is 0 Å². The molecule has 0 aromatic carbocycles. The van der Waals surface area contributed by atoms with Gasteiger partial charge in [-0.05, 0) is 26.6 Å². The maximum absolute atomic E-state index is 3.42. The summed E-state index contributed by atoms with van der Waals surface area (Å²) in [5.74, 6) is 0.743. The maximum atomic E-state index is 3.42. The van der Waals surface area contributed by atoms with Gasteiger partial charge in [-0.1, -0.05) is 20.8 Å². The zero-order valence-corrected chi connectivity index (χ0v) is 8.52. The average Bonchev–Trinajstić information content (AvgIpc) is 1.82. The van der Waals surface area contributed by atoms with Crippen molar-refractivity contribution in [3.8, 4) is 0 Å². The van der Waals surface area contributed by atoms with Gasteiger partial charge in [0.05, 0.1) is 0 Å². The van der Waals surface area contributed by atoms with Gasteiger partial charge in [-0.25, -0.2) is 0 Å². The fourth-order valence-corrected chi connectivity index (χ4v) is 1.12. The molecule has 1 atom stereocenters. The highest BCUT2D eigenvalue weighted by molar-refractivity contribution is 4.61. The summed E-state index contributed by atoms with van der Waals surface area (Å²) < 4.78 is 0. The Hall–Kier alpha value is -0.0800. The number of nitrogens with one attached hydrogen (secondary N) is 1. The molecule has 0 spiro atoms. The Kier molecular flexibility index (Phi) is 5.51. The normalized spacial score (nSPS) is 14.5. The van der Waals surface area contributed by atoms with E-state index in [2.05, 4.69) is 45.1 Å². The molecular formula is C9H22N2. The lowest BCUT2D eigenvalue weighted by molar-refractivity contribution is 0.325. The van der Waals surface area contributed by atoms with Crippen molar-refractivity contribution in [3.63, 3.8) is 0 Å². The van der Waals surface area contributed by atoms with Gasteiger partial charge in [0.2, 0.25) is 0 Å². The molecule has 0 rings (SSSR count). The minimum absolute atomic E-state index is 0.611. The van der Waals surface area contributed by atoms with Crippen LogP contribution in [0.5, 0.6) is 0 Å². The van der Waals surface area contributed by atoms with E-state index >= 15 is 0 Å². The van der Waals surface area contributed by atoms with Crippen molar-refractivity contribution in [3.05, 3.63) is 0 Å². The molecule has 11 heavy (non-hydrogen) atoms. The molecular weight excluding hydrogens is 136 g/mol. The average molecular weight is 158 g/mol. The monoisotopic (exact) mass is 158 g/mol. The van der Waals surface area contributed by atoms with Crippen LogP contribution in [0.25, 0.3) is 0 Å². The van der Waals surface area contributed by atoms with Crippen molar-refractivity contribution in [2.75, 3.05) is 27.2 Å². The van der Waals surface area contributed by atoms with E-state index in [1.165, 1.54) is 6.54 Å². The molecule has 0 aromatic rings. The Morgan fingerprint density at radius 2 is 1.73 bits per heavy atom. The van der Waals surface area contributed by atoms with Crippen LogP contribution in [-0.4, -0.2) is 38.1 Å². The number of hydrogen-bond donors (Lipinski definition) is 1. The summed E-state index contributed by atoms with van der Waals surface area (Å²) in [7, 11) is 4.23. The molecule has 0 aromatic heterocycles. The molecule has 0 aliphatic carbocycles. The summed E-state index contributed by atoms with van der Waals surface area (Å²) in [6.07, 6.45) is 0. The van der Waals surface area contributed by atoms with E-state index in [0.29, 0.717) is 6.04 Å². The van der Waals surface area contributed by atoms with Crippen LogP contribution in [0.4, 0.5) is 0 Å². The molecule has 0 amide bonds. The Morgan fingerprint density at radius 1 is 1.18 bits per heavy atom. The zero-order chi connectivity index (χ0) is 8.85. The van der Waals surface area contributed by atoms with Gasteiger partial charge in [0.25, 0.3) is 0 Å². The highest BCUT2D eigenvalue weighted by Crippen LogP contribution is 1.94. The second kappa shape index (κ2) is 5.56. The molecule has 0 heterocycles. The minimum atomic E-state index is 0.611. The van der Waals surface area contributed by atoms with Crippen molar-refractivity contribution >= 4 is 0 Å². The van der Waals surface area contributed by atoms with Crippen LogP contribution in [0.2, 0.25) is 0 Å². The Balaban J connectivity index is 3.29. The highest BCUT2D eigenvalue weighted by atomic mass is 15.1. The molecule has 2 nitrogen and oxygen atoms in total. The minimum Gasteiger partial charge on any atom is -0.314 e. The quantitative estimate of drug-likeness (QED) is 0.646. The van der Waals surface area contributed by atoms with E-state index in [1.807, 2.05) is 0 Å². The molecule has 0 fully saturated rings. The fraction of sp³-hybridized carbons (Fsp3) is 1.00. The smallest absolute Gasteiger partial charge is 0.00130 e. The maximum Gasteiger partial charge on any atom is 0.00130 e. The lowest BCUT2D eigenvalue weighted by Crippen LogP contribution is -2.32. The molecule has 0 aliphatic heterocycles. The van der Waals surface area contributed by atoms with Crippen molar-refractivity contribution in [1.82, 2.24) is 10.2 Å². The van der Waals surface area contributed by atoms with Crippen LogP contribution in [0.3, 0.4) is 0 Å². The van der Waals surface area contributed by atoms with E-state index in [0.717, 1.165) is 12.5 Å². The van der Waals surface area contributed by atoms with Gasteiger partial charge in [0, 0.05) is 12.6 Å². The summed E-state index contributed by atoms with van der Waals surface area (Å²) in [4.78, 5) is 2.23. The predicted octanol–water partition coefficient (Wildman–Crippen LogP) is 1.18. The van der Waals surface area contributed by atoms with Crippen molar-refractivity contribution in [2.24, 2.45) is 5.92 Å². The van der Waals surface area contributed by atoms with Gasteiger partial charge in [-0.3, -0.25) is 0 Å². The first-order valence-corrected chi connectivity index (χ1v) is 4.40. The molecule has 68 valence electrons. The van der Waals surface area contributed by atoms with E-state index in [4.69, 9.17) is 0 Å². The lowest BCUT2D eigenvalue weighted by atomic mass is 10.1. The first kappa shape index (κ1) is 10.9. The number of nitrogens with zero attached hydrogens (tertiary/aromatic N) is 1. The molecule has 1 unspecified atom stereocenters. The van der Waals surface area contributed by atoms with Gasteiger partial charge >= 0.3 is 0 Å². The van der Waals surface area contributed by atoms with Crippen molar-refractivity contribution in [1.29, 1.82) is 0 Å². The summed E-state index contributed by atoms with van der Waals surface area (Å²) in [5.41, 5.74) is 0. The van der Waals surface area contributed by atoms with Crippen LogP contribution in [0, 0.1) is 5.92 Å². The number of rotatable bonds is 5. The first-order chi connectivity index (χ1) is 5.02. The van der Waals surface area contributed by atoms with Crippen LogP contribution >= 0.6 is 0 Å². The topological polar surface area (TPSA) is 15.3 Å². The zero-order valence-electron chi connectivity index (χ0n) is 8.52. The van der Waals surface area contributed by atoms with Crippen LogP contribution in [-0.2, 0) is 0 Å². The van der Waals surface area contributed by atoms with Gasteiger partial charge in [0.1, 0.15) is 0 Å². The molecule has 0 aliphatic rings. The molecule has 0 saturated carbocycles. The highest BCUT2D eigenvalue weighted by Gasteiger charge is 2.02. The SMILES string of the molecule is CC(CNC(C)C)CN(C)C. The predicted molar refractivity (Wildman–Crippen MR) is 50.9 cm³/mol. The molecule has 0 saturated heterocycles. The van der Waals surface area contributed by atoms with E-state index in [9.17, 15) is 0 Å². The van der Waals surface area contributed by atoms with E-state index in [-0.39, 0.29) is 0 Å². The summed E-state index contributed by atoms with van der Waals surface area (Å²) in [5, 5.41) is 3.42. The summed E-state index contributed by atoms with van der Waals surface area (Å²) in [6, 6.07) is 0.611. The first-order valence-electron chi connectivity index (χ1n) is 4.40. The lowest BCUT2D eigenvalue weighted by Gasteiger charge is -2.18. The molecule has 1 N–H and O–H groups in total. The van der Waals surface area contributed by atoms with Crippen LogP contribution < -0.4 is 5.32 Å². The largest absolute Gasteiger partial charge is 0.314 e. The number of hydrogen-bond acceptors (Lipinski definition) is 2. The Bertz CT molecular complexity index is 89.6. The van der Waals surface area contributed by atoms with E-state index < -0.39 is 0 Å². The van der Waals surface area contributed by atoms with Gasteiger partial charge in [-0.15, -0.1) is 0 Å². The van der Waals surface area contributed by atoms with Gasteiger partial charge in [0.15, 0.2) is 0 Å². The Labute approximate surface area is 71.0 Å². The standard InChI is InChI=1S/C9H22N2/c1-8(2)10-6-9(3)7-11(4)5/h8-10H,6-7H2,1-5H3.